The summed E-state index contributed by atoms with van der Waals surface area (Å²) in [5.41, 5.74) is 2.76. The van der Waals surface area contributed by atoms with Crippen molar-refractivity contribution in [3.8, 4) is 0 Å². The number of hydrogen-bond donors (Lipinski definition) is 1. The monoisotopic (exact) mass is 244 g/mol. The van der Waals surface area contributed by atoms with Crippen LogP contribution >= 0.6 is 0 Å². The molecule has 0 unspecified atom stereocenters. The van der Waals surface area contributed by atoms with Crippen molar-refractivity contribution < 1.29 is 0 Å². The van der Waals surface area contributed by atoms with Crippen molar-refractivity contribution in [3.05, 3.63) is 36.0 Å². The molecule has 98 valence electrons. The van der Waals surface area contributed by atoms with Crippen molar-refractivity contribution in [2.75, 3.05) is 7.05 Å². The third kappa shape index (κ3) is 2.59. The Morgan fingerprint density at radius 1 is 1.17 bits per heavy atom. The predicted molar refractivity (Wildman–Crippen MR) is 78.8 cm³/mol. The van der Waals surface area contributed by atoms with Gasteiger partial charge in [-0.3, -0.25) is 0 Å². The zero-order valence-electron chi connectivity index (χ0n) is 11.7. The Bertz CT molecular complexity index is 495. The van der Waals surface area contributed by atoms with Gasteiger partial charge >= 0.3 is 0 Å². The Balaban J connectivity index is 2.41. The van der Waals surface area contributed by atoms with Crippen LogP contribution in [-0.2, 0) is 13.1 Å². The molecule has 1 aromatic carbocycles. The van der Waals surface area contributed by atoms with E-state index in [0.29, 0.717) is 0 Å². The molecule has 0 fully saturated rings. The van der Waals surface area contributed by atoms with Gasteiger partial charge in [0.25, 0.3) is 0 Å². The highest BCUT2D eigenvalue weighted by atomic mass is 15.0. The van der Waals surface area contributed by atoms with E-state index in [2.05, 4.69) is 54.1 Å². The highest BCUT2D eigenvalue weighted by Gasteiger charge is 2.11. The average molecular weight is 244 g/mol. The van der Waals surface area contributed by atoms with E-state index < -0.39 is 0 Å². The van der Waals surface area contributed by atoms with Gasteiger partial charge in [-0.15, -0.1) is 0 Å². The second-order valence-corrected chi connectivity index (χ2v) is 5.02. The summed E-state index contributed by atoms with van der Waals surface area (Å²) in [7, 11) is 2.01. The zero-order chi connectivity index (χ0) is 13.0. The second-order valence-electron chi connectivity index (χ2n) is 5.02. The molecular weight excluding hydrogens is 220 g/mol. The summed E-state index contributed by atoms with van der Waals surface area (Å²) in [6.45, 7) is 6.65. The molecular formula is C16H24N2. The molecule has 0 radical (unpaired) electrons. The molecule has 1 aromatic heterocycles. The summed E-state index contributed by atoms with van der Waals surface area (Å²) in [5.74, 6) is 0.774. The molecule has 0 saturated heterocycles. The van der Waals surface area contributed by atoms with Gasteiger partial charge in [0.05, 0.1) is 0 Å². The predicted octanol–water partition coefficient (Wildman–Crippen LogP) is 3.80. The van der Waals surface area contributed by atoms with Crippen molar-refractivity contribution in [3.63, 3.8) is 0 Å². The van der Waals surface area contributed by atoms with Crippen LogP contribution in [0.2, 0.25) is 0 Å². The van der Waals surface area contributed by atoms with Crippen LogP contribution in [0.15, 0.2) is 30.3 Å². The number of benzene rings is 1. The number of para-hydroxylation sites is 1. The van der Waals surface area contributed by atoms with Crippen LogP contribution in [0.3, 0.4) is 0 Å². The van der Waals surface area contributed by atoms with Gasteiger partial charge in [0, 0.05) is 24.3 Å². The van der Waals surface area contributed by atoms with Crippen molar-refractivity contribution in [2.24, 2.45) is 5.92 Å². The fourth-order valence-corrected chi connectivity index (χ4v) is 2.62. The minimum atomic E-state index is 0.774. The summed E-state index contributed by atoms with van der Waals surface area (Å²) in [6.07, 6.45) is 2.50. The van der Waals surface area contributed by atoms with E-state index >= 15 is 0 Å². The van der Waals surface area contributed by atoms with Crippen LogP contribution in [0, 0.1) is 5.92 Å². The molecule has 0 atom stereocenters. The molecule has 1 heterocycles. The van der Waals surface area contributed by atoms with Gasteiger partial charge in [0.2, 0.25) is 0 Å². The minimum Gasteiger partial charge on any atom is -0.343 e. The minimum absolute atomic E-state index is 0.774. The molecule has 0 bridgehead atoms. The van der Waals surface area contributed by atoms with Crippen LogP contribution in [0.25, 0.3) is 10.9 Å². The third-order valence-electron chi connectivity index (χ3n) is 3.85. The first-order valence-corrected chi connectivity index (χ1v) is 7.01. The Morgan fingerprint density at radius 3 is 2.56 bits per heavy atom. The fraction of sp³-hybridized carbons (Fsp3) is 0.500. The first-order valence-electron chi connectivity index (χ1n) is 7.01. The SMILES string of the molecule is CCC(CC)Cn1c(CNC)cc2ccccc21. The topological polar surface area (TPSA) is 17.0 Å². The number of hydrogen-bond acceptors (Lipinski definition) is 1. The highest BCUT2D eigenvalue weighted by Crippen LogP contribution is 2.23. The maximum atomic E-state index is 3.27. The van der Waals surface area contributed by atoms with Crippen LogP contribution in [-0.4, -0.2) is 11.6 Å². The van der Waals surface area contributed by atoms with Crippen LogP contribution in [0.4, 0.5) is 0 Å². The van der Waals surface area contributed by atoms with Gasteiger partial charge in [-0.1, -0.05) is 44.9 Å². The molecule has 1 N–H and O–H groups in total. The standard InChI is InChI=1S/C16H24N2/c1-4-13(5-2)12-18-15(11-17-3)10-14-8-6-7-9-16(14)18/h6-10,13,17H,4-5,11-12H2,1-3H3. The molecule has 0 aliphatic heterocycles. The number of nitrogens with zero attached hydrogens (tertiary/aromatic N) is 1. The van der Waals surface area contributed by atoms with Gasteiger partial charge in [0.15, 0.2) is 0 Å². The third-order valence-corrected chi connectivity index (χ3v) is 3.85. The molecule has 18 heavy (non-hydrogen) atoms. The van der Waals surface area contributed by atoms with Gasteiger partial charge in [0.1, 0.15) is 0 Å². The number of rotatable bonds is 6. The maximum Gasteiger partial charge on any atom is 0.0483 e. The summed E-state index contributed by atoms with van der Waals surface area (Å²) >= 11 is 0. The molecule has 0 saturated carbocycles. The molecule has 2 aromatic rings. The van der Waals surface area contributed by atoms with Crippen LogP contribution < -0.4 is 5.32 Å². The highest BCUT2D eigenvalue weighted by molar-refractivity contribution is 5.81. The summed E-state index contributed by atoms with van der Waals surface area (Å²) in [4.78, 5) is 0. The van der Waals surface area contributed by atoms with E-state index in [1.807, 2.05) is 7.05 Å². The number of nitrogens with one attached hydrogen (secondary N) is 1. The van der Waals surface area contributed by atoms with Gasteiger partial charge < -0.3 is 9.88 Å². The Morgan fingerprint density at radius 2 is 1.89 bits per heavy atom. The first-order chi connectivity index (χ1) is 8.80. The number of aromatic nitrogens is 1. The van der Waals surface area contributed by atoms with Crippen LogP contribution in [0.1, 0.15) is 32.4 Å². The molecule has 2 heteroatoms. The first kappa shape index (κ1) is 13.2. The van der Waals surface area contributed by atoms with Gasteiger partial charge in [-0.25, -0.2) is 0 Å². The van der Waals surface area contributed by atoms with Gasteiger partial charge in [-0.05, 0) is 30.5 Å². The van der Waals surface area contributed by atoms with Crippen molar-refractivity contribution in [1.29, 1.82) is 0 Å². The van der Waals surface area contributed by atoms with E-state index in [-0.39, 0.29) is 0 Å². The molecule has 0 aliphatic rings. The maximum absolute atomic E-state index is 3.27. The Kier molecular flexibility index (Phi) is 4.43. The van der Waals surface area contributed by atoms with E-state index in [4.69, 9.17) is 0 Å². The Labute approximate surface area is 110 Å². The average Bonchev–Trinajstić information content (AvgIpc) is 2.74. The van der Waals surface area contributed by atoms with E-state index in [1.54, 1.807) is 0 Å². The lowest BCUT2D eigenvalue weighted by Gasteiger charge is -2.17. The zero-order valence-corrected chi connectivity index (χ0v) is 11.7. The van der Waals surface area contributed by atoms with E-state index in [1.165, 1.54) is 29.4 Å². The van der Waals surface area contributed by atoms with Crippen molar-refractivity contribution in [1.82, 2.24) is 9.88 Å². The lowest BCUT2D eigenvalue weighted by molar-refractivity contribution is 0.417. The second kappa shape index (κ2) is 6.05. The van der Waals surface area contributed by atoms with E-state index in [9.17, 15) is 0 Å². The number of fused-ring (bicyclic) bond motifs is 1. The Hall–Kier alpha value is -1.28. The summed E-state index contributed by atoms with van der Waals surface area (Å²) in [6, 6.07) is 11.0. The summed E-state index contributed by atoms with van der Waals surface area (Å²) in [5, 5.41) is 4.63. The molecule has 0 amide bonds. The lowest BCUT2D eigenvalue weighted by atomic mass is 10.0. The molecule has 0 spiro atoms. The van der Waals surface area contributed by atoms with Crippen LogP contribution in [0.5, 0.6) is 0 Å². The molecule has 2 rings (SSSR count). The van der Waals surface area contributed by atoms with Crippen molar-refractivity contribution >= 4 is 10.9 Å². The normalized spacial score (nSPS) is 11.6. The molecule has 2 nitrogen and oxygen atoms in total. The molecule has 0 aliphatic carbocycles. The fourth-order valence-electron chi connectivity index (χ4n) is 2.62. The van der Waals surface area contributed by atoms with E-state index in [0.717, 1.165) is 19.0 Å². The smallest absolute Gasteiger partial charge is 0.0483 e. The quantitative estimate of drug-likeness (QED) is 0.818. The van der Waals surface area contributed by atoms with Gasteiger partial charge in [-0.2, -0.15) is 0 Å². The van der Waals surface area contributed by atoms with Crippen molar-refractivity contribution in [2.45, 2.75) is 39.8 Å². The lowest BCUT2D eigenvalue weighted by Crippen LogP contribution is -2.15. The summed E-state index contributed by atoms with van der Waals surface area (Å²) < 4.78 is 2.49. The largest absolute Gasteiger partial charge is 0.343 e.